The highest BCUT2D eigenvalue weighted by Crippen LogP contribution is 2.26. The summed E-state index contributed by atoms with van der Waals surface area (Å²) in [6, 6.07) is 10.4. The molecule has 0 fully saturated rings. The number of rotatable bonds is 1. The Morgan fingerprint density at radius 1 is 1.33 bits per heavy atom. The molecule has 1 aromatic carbocycles. The molecule has 1 aliphatic heterocycles. The zero-order valence-electron chi connectivity index (χ0n) is 8.60. The van der Waals surface area contributed by atoms with Crippen LogP contribution in [0.25, 0.3) is 11.3 Å². The fourth-order valence-electron chi connectivity index (χ4n) is 1.86. The van der Waals surface area contributed by atoms with Gasteiger partial charge in [-0.25, -0.2) is 4.68 Å². The quantitative estimate of drug-likeness (QED) is 0.706. The van der Waals surface area contributed by atoms with Gasteiger partial charge in [0, 0.05) is 11.6 Å². The predicted octanol–water partition coefficient (Wildman–Crippen LogP) is 2.25. The summed E-state index contributed by atoms with van der Waals surface area (Å²) in [5, 5.41) is 4.49. The molecule has 0 spiro atoms. The molecular formula is C12H12N2O. The lowest BCUT2D eigenvalue weighted by molar-refractivity contribution is 0.357. The highest BCUT2D eigenvalue weighted by atomic mass is 16.5. The van der Waals surface area contributed by atoms with Crippen molar-refractivity contribution in [1.82, 2.24) is 9.78 Å². The van der Waals surface area contributed by atoms with Gasteiger partial charge in [-0.3, -0.25) is 0 Å². The van der Waals surface area contributed by atoms with Crippen molar-refractivity contribution in [2.75, 3.05) is 6.61 Å². The van der Waals surface area contributed by atoms with E-state index in [0.717, 1.165) is 30.3 Å². The molecule has 0 saturated heterocycles. The lowest BCUT2D eigenvalue weighted by atomic mass is 10.1. The first-order valence-electron chi connectivity index (χ1n) is 5.10. The van der Waals surface area contributed by atoms with Crippen molar-refractivity contribution in [3.05, 3.63) is 35.9 Å². The minimum absolute atomic E-state index is 0.746. The molecule has 15 heavy (non-hydrogen) atoms. The number of aryl methyl sites for hydroxylation is 1. The van der Waals surface area contributed by atoms with Gasteiger partial charge in [-0.2, -0.15) is 5.10 Å². The second-order valence-electron chi connectivity index (χ2n) is 3.81. The van der Waals surface area contributed by atoms with E-state index in [1.807, 2.05) is 10.7 Å². The first kappa shape index (κ1) is 8.53. The van der Waals surface area contributed by atoms with Crippen LogP contribution in [0.3, 0.4) is 0 Å². The van der Waals surface area contributed by atoms with Gasteiger partial charge in [0.15, 0.2) is 0 Å². The Labute approximate surface area is 88.3 Å². The molecule has 0 aliphatic carbocycles. The van der Waals surface area contributed by atoms with E-state index < -0.39 is 0 Å². The van der Waals surface area contributed by atoms with E-state index in [1.165, 1.54) is 5.56 Å². The monoisotopic (exact) mass is 200 g/mol. The maximum absolute atomic E-state index is 5.43. The topological polar surface area (TPSA) is 27.1 Å². The van der Waals surface area contributed by atoms with Crippen molar-refractivity contribution >= 4 is 0 Å². The Balaban J connectivity index is 2.06. The molecule has 0 atom stereocenters. The second kappa shape index (κ2) is 3.12. The van der Waals surface area contributed by atoms with Crippen LogP contribution in [-0.2, 0) is 6.54 Å². The van der Waals surface area contributed by atoms with Crippen molar-refractivity contribution in [1.29, 1.82) is 0 Å². The second-order valence-corrected chi connectivity index (χ2v) is 3.81. The molecule has 0 N–H and O–H groups in total. The summed E-state index contributed by atoms with van der Waals surface area (Å²) >= 11 is 0. The van der Waals surface area contributed by atoms with Gasteiger partial charge in [0.25, 0.3) is 0 Å². The van der Waals surface area contributed by atoms with E-state index in [-0.39, 0.29) is 0 Å². The van der Waals surface area contributed by atoms with E-state index in [1.54, 1.807) is 0 Å². The van der Waals surface area contributed by atoms with Crippen molar-refractivity contribution < 1.29 is 4.74 Å². The molecule has 2 heterocycles. The average molecular weight is 200 g/mol. The van der Waals surface area contributed by atoms with Gasteiger partial charge in [-0.05, 0) is 13.0 Å². The number of hydrogen-bond acceptors (Lipinski definition) is 2. The smallest absolute Gasteiger partial charge is 0.212 e. The Bertz CT molecular complexity index is 481. The van der Waals surface area contributed by atoms with Crippen LogP contribution in [0.5, 0.6) is 5.88 Å². The summed E-state index contributed by atoms with van der Waals surface area (Å²) in [6.45, 7) is 3.70. The van der Waals surface area contributed by atoms with Crippen molar-refractivity contribution in [3.8, 4) is 17.1 Å². The van der Waals surface area contributed by atoms with Gasteiger partial charge in [0.05, 0.1) is 12.2 Å². The summed E-state index contributed by atoms with van der Waals surface area (Å²) in [5.41, 5.74) is 3.40. The van der Waals surface area contributed by atoms with E-state index in [9.17, 15) is 0 Å². The van der Waals surface area contributed by atoms with Crippen LogP contribution < -0.4 is 4.74 Å². The lowest BCUT2D eigenvalue weighted by Crippen LogP contribution is -1.96. The molecule has 0 unspecified atom stereocenters. The molecule has 3 nitrogen and oxygen atoms in total. The molecule has 76 valence electrons. The van der Waals surface area contributed by atoms with E-state index in [0.29, 0.717) is 0 Å². The van der Waals surface area contributed by atoms with Gasteiger partial charge in [0.1, 0.15) is 6.61 Å². The summed E-state index contributed by atoms with van der Waals surface area (Å²) in [6.07, 6.45) is 0. The largest absolute Gasteiger partial charge is 0.476 e. The normalized spacial score (nSPS) is 13.7. The standard InChI is InChI=1S/C12H12N2O/c1-9-3-2-4-10(7-9)11-8-12-14(13-11)5-6-15-12/h2-4,7-8H,5-6H2,1H3. The van der Waals surface area contributed by atoms with E-state index in [2.05, 4.69) is 36.3 Å². The van der Waals surface area contributed by atoms with Gasteiger partial charge in [0.2, 0.25) is 5.88 Å². The van der Waals surface area contributed by atoms with Crippen LogP contribution in [-0.4, -0.2) is 16.4 Å². The molecule has 0 amide bonds. The highest BCUT2D eigenvalue weighted by molar-refractivity contribution is 5.61. The minimum atomic E-state index is 0.746. The first-order chi connectivity index (χ1) is 7.33. The maximum Gasteiger partial charge on any atom is 0.212 e. The maximum atomic E-state index is 5.43. The lowest BCUT2D eigenvalue weighted by Gasteiger charge is -1.98. The van der Waals surface area contributed by atoms with Crippen LogP contribution in [0.4, 0.5) is 0 Å². The zero-order chi connectivity index (χ0) is 10.3. The van der Waals surface area contributed by atoms with E-state index in [4.69, 9.17) is 4.74 Å². The number of hydrogen-bond donors (Lipinski definition) is 0. The fourth-order valence-corrected chi connectivity index (χ4v) is 1.86. The third-order valence-electron chi connectivity index (χ3n) is 2.61. The summed E-state index contributed by atoms with van der Waals surface area (Å²) in [5.74, 6) is 0.881. The first-order valence-corrected chi connectivity index (χ1v) is 5.10. The Morgan fingerprint density at radius 2 is 2.27 bits per heavy atom. The van der Waals surface area contributed by atoms with Gasteiger partial charge in [-0.15, -0.1) is 0 Å². The molecule has 1 aromatic heterocycles. The fraction of sp³-hybridized carbons (Fsp3) is 0.250. The van der Waals surface area contributed by atoms with Gasteiger partial charge in [-0.1, -0.05) is 23.8 Å². The Kier molecular flexibility index (Phi) is 1.78. The zero-order valence-corrected chi connectivity index (χ0v) is 8.60. The van der Waals surface area contributed by atoms with E-state index >= 15 is 0 Å². The summed E-state index contributed by atoms with van der Waals surface area (Å²) in [7, 11) is 0. The summed E-state index contributed by atoms with van der Waals surface area (Å²) < 4.78 is 7.35. The molecular weight excluding hydrogens is 188 g/mol. The molecule has 0 radical (unpaired) electrons. The number of fused-ring (bicyclic) bond motifs is 1. The predicted molar refractivity (Wildman–Crippen MR) is 57.9 cm³/mol. The van der Waals surface area contributed by atoms with Crippen LogP contribution in [0.2, 0.25) is 0 Å². The van der Waals surface area contributed by atoms with Gasteiger partial charge < -0.3 is 4.74 Å². The van der Waals surface area contributed by atoms with Crippen molar-refractivity contribution in [3.63, 3.8) is 0 Å². The van der Waals surface area contributed by atoms with Crippen molar-refractivity contribution in [2.24, 2.45) is 0 Å². The number of ether oxygens (including phenoxy) is 1. The molecule has 0 saturated carbocycles. The molecule has 0 bridgehead atoms. The summed E-state index contributed by atoms with van der Waals surface area (Å²) in [4.78, 5) is 0. The minimum Gasteiger partial charge on any atom is -0.476 e. The number of benzene rings is 1. The SMILES string of the molecule is Cc1cccc(-c2cc3n(n2)CCO3)c1. The van der Waals surface area contributed by atoms with Crippen LogP contribution in [0.1, 0.15) is 5.56 Å². The molecule has 1 aliphatic rings. The number of aromatic nitrogens is 2. The average Bonchev–Trinajstić information content (AvgIpc) is 2.76. The number of nitrogens with zero attached hydrogens (tertiary/aromatic N) is 2. The molecule has 3 heteroatoms. The molecule has 2 aromatic rings. The third-order valence-corrected chi connectivity index (χ3v) is 2.61. The van der Waals surface area contributed by atoms with Crippen LogP contribution in [0.15, 0.2) is 30.3 Å². The Morgan fingerprint density at radius 3 is 3.07 bits per heavy atom. The Hall–Kier alpha value is -1.77. The van der Waals surface area contributed by atoms with Crippen LogP contribution >= 0.6 is 0 Å². The van der Waals surface area contributed by atoms with Gasteiger partial charge >= 0.3 is 0 Å². The van der Waals surface area contributed by atoms with Crippen molar-refractivity contribution in [2.45, 2.75) is 13.5 Å². The van der Waals surface area contributed by atoms with Crippen LogP contribution in [0, 0.1) is 6.92 Å². The highest BCUT2D eigenvalue weighted by Gasteiger charge is 2.15. The molecule has 3 rings (SSSR count). The third kappa shape index (κ3) is 1.40.